The zero-order chi connectivity index (χ0) is 18.2. The van der Waals surface area contributed by atoms with Crippen LogP contribution in [0.5, 0.6) is 0 Å². The third-order valence-electron chi connectivity index (χ3n) is 6.34. The van der Waals surface area contributed by atoms with Gasteiger partial charge in [-0.25, -0.2) is 0 Å². The van der Waals surface area contributed by atoms with Crippen molar-refractivity contribution in [3.8, 4) is 0 Å². The van der Waals surface area contributed by atoms with Crippen LogP contribution in [0.15, 0.2) is 97.1 Å². The standard InChI is InChI=1S/C28H16/c1-3-9-20-18(8-1)16-25-22-11-5-6-12-23(22)27-21-10-4-2-7-17(21)15-19-13-14-24(20)28(25)26(19)27/h1-16H. The minimum atomic E-state index is 1.31. The Kier molecular flexibility index (Phi) is 2.57. The maximum atomic E-state index is 2.38. The molecule has 0 saturated heterocycles. The molecular formula is C28H16. The van der Waals surface area contributed by atoms with Crippen LogP contribution < -0.4 is 0 Å². The highest BCUT2D eigenvalue weighted by Crippen LogP contribution is 2.45. The minimum absolute atomic E-state index is 1.31. The molecule has 0 amide bonds. The van der Waals surface area contributed by atoms with Crippen LogP contribution in [0.1, 0.15) is 0 Å². The molecule has 0 bridgehead atoms. The molecule has 0 nitrogen and oxygen atoms in total. The average molecular weight is 352 g/mol. The smallest absolute Gasteiger partial charge is 0.00137 e. The molecule has 0 heteroatoms. The van der Waals surface area contributed by atoms with Gasteiger partial charge >= 0.3 is 0 Å². The first kappa shape index (κ1) is 14.4. The van der Waals surface area contributed by atoms with E-state index in [-0.39, 0.29) is 0 Å². The summed E-state index contributed by atoms with van der Waals surface area (Å²) in [4.78, 5) is 0. The minimum Gasteiger partial charge on any atom is -0.0616 e. The van der Waals surface area contributed by atoms with Gasteiger partial charge in [-0.2, -0.15) is 0 Å². The lowest BCUT2D eigenvalue weighted by molar-refractivity contribution is 1.78. The van der Waals surface area contributed by atoms with E-state index >= 15 is 0 Å². The Morgan fingerprint density at radius 3 is 1.68 bits per heavy atom. The van der Waals surface area contributed by atoms with E-state index in [0.717, 1.165) is 0 Å². The second kappa shape index (κ2) is 4.99. The second-order valence-corrected chi connectivity index (χ2v) is 7.75. The Balaban J connectivity index is 1.97. The number of hydrogen-bond acceptors (Lipinski definition) is 0. The van der Waals surface area contributed by atoms with Crippen molar-refractivity contribution in [2.24, 2.45) is 0 Å². The predicted octanol–water partition coefficient (Wildman–Crippen LogP) is 8.04. The van der Waals surface area contributed by atoms with Crippen molar-refractivity contribution in [3.63, 3.8) is 0 Å². The Hall–Kier alpha value is -3.64. The topological polar surface area (TPSA) is 0 Å². The maximum Gasteiger partial charge on any atom is -0.00137 e. The Bertz CT molecular complexity index is 1700. The molecule has 0 spiro atoms. The fourth-order valence-electron chi connectivity index (χ4n) is 5.19. The molecule has 0 fully saturated rings. The maximum absolute atomic E-state index is 2.38. The molecule has 0 aliphatic rings. The van der Waals surface area contributed by atoms with Gasteiger partial charge in [-0.1, -0.05) is 84.9 Å². The highest BCUT2D eigenvalue weighted by atomic mass is 14.2. The van der Waals surface area contributed by atoms with Gasteiger partial charge in [-0.3, -0.25) is 0 Å². The number of hydrogen-bond donors (Lipinski definition) is 0. The van der Waals surface area contributed by atoms with Crippen LogP contribution in [-0.2, 0) is 0 Å². The van der Waals surface area contributed by atoms with Crippen LogP contribution >= 0.6 is 0 Å². The molecule has 128 valence electrons. The van der Waals surface area contributed by atoms with Crippen molar-refractivity contribution in [1.82, 2.24) is 0 Å². The zero-order valence-electron chi connectivity index (χ0n) is 15.2. The molecule has 0 aliphatic carbocycles. The molecule has 0 radical (unpaired) electrons. The van der Waals surface area contributed by atoms with Gasteiger partial charge in [0.25, 0.3) is 0 Å². The molecule has 0 unspecified atom stereocenters. The summed E-state index contributed by atoms with van der Waals surface area (Å²) >= 11 is 0. The van der Waals surface area contributed by atoms with Gasteiger partial charge in [0, 0.05) is 0 Å². The summed E-state index contributed by atoms with van der Waals surface area (Å²) in [5.41, 5.74) is 0. The van der Waals surface area contributed by atoms with Crippen molar-refractivity contribution in [1.29, 1.82) is 0 Å². The second-order valence-electron chi connectivity index (χ2n) is 7.75. The summed E-state index contributed by atoms with van der Waals surface area (Å²) in [6.45, 7) is 0. The van der Waals surface area contributed by atoms with Crippen LogP contribution in [-0.4, -0.2) is 0 Å². The lowest BCUT2D eigenvalue weighted by atomic mass is 9.85. The monoisotopic (exact) mass is 352 g/mol. The van der Waals surface area contributed by atoms with E-state index in [1.165, 1.54) is 64.6 Å². The van der Waals surface area contributed by atoms with E-state index in [2.05, 4.69) is 97.1 Å². The molecule has 7 rings (SSSR count). The first-order valence-electron chi connectivity index (χ1n) is 9.80. The third-order valence-corrected chi connectivity index (χ3v) is 6.34. The van der Waals surface area contributed by atoms with Crippen molar-refractivity contribution in [2.45, 2.75) is 0 Å². The molecule has 0 heterocycles. The summed E-state index contributed by atoms with van der Waals surface area (Å²) < 4.78 is 0. The third kappa shape index (κ3) is 1.66. The average Bonchev–Trinajstić information content (AvgIpc) is 2.76. The van der Waals surface area contributed by atoms with Crippen molar-refractivity contribution in [2.75, 3.05) is 0 Å². The van der Waals surface area contributed by atoms with E-state index in [1.54, 1.807) is 0 Å². The molecule has 7 aromatic carbocycles. The van der Waals surface area contributed by atoms with Gasteiger partial charge in [-0.05, 0) is 76.8 Å². The quantitative estimate of drug-likeness (QED) is 0.191. The van der Waals surface area contributed by atoms with Crippen LogP contribution in [0, 0.1) is 0 Å². The van der Waals surface area contributed by atoms with E-state index in [4.69, 9.17) is 0 Å². The van der Waals surface area contributed by atoms with Crippen molar-refractivity contribution < 1.29 is 0 Å². The zero-order valence-corrected chi connectivity index (χ0v) is 15.2. The molecular weight excluding hydrogens is 336 g/mol. The van der Waals surface area contributed by atoms with Gasteiger partial charge in [0.1, 0.15) is 0 Å². The summed E-state index contributed by atoms with van der Waals surface area (Å²) in [5, 5.41) is 16.2. The van der Waals surface area contributed by atoms with E-state index in [9.17, 15) is 0 Å². The highest BCUT2D eigenvalue weighted by molar-refractivity contribution is 6.41. The molecule has 0 aliphatic heterocycles. The molecule has 0 N–H and O–H groups in total. The summed E-state index contributed by atoms with van der Waals surface area (Å²) in [7, 11) is 0. The van der Waals surface area contributed by atoms with Gasteiger partial charge in [-0.15, -0.1) is 0 Å². The number of fused-ring (bicyclic) bond motifs is 7. The van der Waals surface area contributed by atoms with E-state index < -0.39 is 0 Å². The van der Waals surface area contributed by atoms with E-state index in [0.29, 0.717) is 0 Å². The Morgan fingerprint density at radius 2 is 0.857 bits per heavy atom. The van der Waals surface area contributed by atoms with Gasteiger partial charge in [0.15, 0.2) is 0 Å². The van der Waals surface area contributed by atoms with Crippen molar-refractivity contribution in [3.05, 3.63) is 97.1 Å². The first-order valence-corrected chi connectivity index (χ1v) is 9.80. The van der Waals surface area contributed by atoms with Gasteiger partial charge in [0.2, 0.25) is 0 Å². The molecule has 7 aromatic rings. The Morgan fingerprint density at radius 1 is 0.286 bits per heavy atom. The molecule has 0 aromatic heterocycles. The first-order chi connectivity index (χ1) is 13.9. The van der Waals surface area contributed by atoms with Crippen LogP contribution in [0.2, 0.25) is 0 Å². The largest absolute Gasteiger partial charge is 0.0616 e. The molecule has 28 heavy (non-hydrogen) atoms. The lowest BCUT2D eigenvalue weighted by Gasteiger charge is -2.18. The highest BCUT2D eigenvalue weighted by Gasteiger charge is 2.17. The SMILES string of the molecule is c1ccc2c(c1)cc1c3ccccc3c3c4ccccc4cc4ccc2c1c43. The lowest BCUT2D eigenvalue weighted by Crippen LogP contribution is -1.89. The number of benzene rings is 7. The summed E-state index contributed by atoms with van der Waals surface area (Å²) in [6, 6.07) is 35.8. The van der Waals surface area contributed by atoms with Crippen LogP contribution in [0.4, 0.5) is 0 Å². The number of rotatable bonds is 0. The van der Waals surface area contributed by atoms with Gasteiger partial charge < -0.3 is 0 Å². The normalized spacial score (nSPS) is 12.3. The summed E-state index contributed by atoms with van der Waals surface area (Å²) in [5.74, 6) is 0. The fraction of sp³-hybridized carbons (Fsp3) is 0. The summed E-state index contributed by atoms with van der Waals surface area (Å²) in [6.07, 6.45) is 0. The molecule has 0 atom stereocenters. The molecule has 0 saturated carbocycles. The fourth-order valence-corrected chi connectivity index (χ4v) is 5.19. The van der Waals surface area contributed by atoms with E-state index in [1.807, 2.05) is 0 Å². The predicted molar refractivity (Wildman–Crippen MR) is 123 cm³/mol. The van der Waals surface area contributed by atoms with Gasteiger partial charge in [0.05, 0.1) is 0 Å². The van der Waals surface area contributed by atoms with Crippen LogP contribution in [0.3, 0.4) is 0 Å². The van der Waals surface area contributed by atoms with Crippen molar-refractivity contribution >= 4 is 64.6 Å². The Labute approximate surface area is 162 Å². The van der Waals surface area contributed by atoms with Crippen LogP contribution in [0.25, 0.3) is 64.6 Å².